The smallest absolute Gasteiger partial charge is 0.261 e. The highest BCUT2D eigenvalue weighted by Gasteiger charge is 2.15. The fourth-order valence-corrected chi connectivity index (χ4v) is 4.11. The number of hydrogen-bond donors (Lipinski definition) is 2. The lowest BCUT2D eigenvalue weighted by Crippen LogP contribution is -2.22. The van der Waals surface area contributed by atoms with Crippen LogP contribution in [-0.2, 0) is 10.0 Å². The van der Waals surface area contributed by atoms with Gasteiger partial charge in [-0.25, -0.2) is 8.42 Å². The normalized spacial score (nSPS) is 15.9. The maximum Gasteiger partial charge on any atom is 0.261 e. The Balaban J connectivity index is 1.66. The van der Waals surface area contributed by atoms with Crippen LogP contribution in [0.1, 0.15) is 37.7 Å². The largest absolute Gasteiger partial charge is 0.382 e. The van der Waals surface area contributed by atoms with Gasteiger partial charge in [0.15, 0.2) is 0 Å². The Kier molecular flexibility index (Phi) is 5.09. The van der Waals surface area contributed by atoms with Crippen LogP contribution in [0.4, 0.5) is 11.4 Å². The molecule has 0 heterocycles. The van der Waals surface area contributed by atoms with E-state index in [1.54, 1.807) is 36.4 Å². The van der Waals surface area contributed by atoms with Gasteiger partial charge in [0.2, 0.25) is 0 Å². The Morgan fingerprint density at radius 1 is 0.833 bits per heavy atom. The Labute approximate surface area is 144 Å². The van der Waals surface area contributed by atoms with Crippen molar-refractivity contribution in [2.75, 3.05) is 10.0 Å². The fourth-order valence-electron chi connectivity index (χ4n) is 3.05. The first-order chi connectivity index (χ1) is 11.5. The zero-order valence-corrected chi connectivity index (χ0v) is 14.8. The van der Waals surface area contributed by atoms with Gasteiger partial charge in [0.05, 0.1) is 4.90 Å². The molecule has 3 rings (SSSR count). The summed E-state index contributed by atoms with van der Waals surface area (Å²) in [6.07, 6.45) is 6.32. The SMILES string of the molecule is Cc1ccc(S(=O)(=O)Nc2ccc(NC3CCCCC3)cc2)cc1. The van der Waals surface area contributed by atoms with Gasteiger partial charge in [0, 0.05) is 17.4 Å². The van der Waals surface area contributed by atoms with Crippen molar-refractivity contribution in [3.63, 3.8) is 0 Å². The Hall–Kier alpha value is -2.01. The van der Waals surface area contributed by atoms with Crippen molar-refractivity contribution in [3.05, 3.63) is 54.1 Å². The molecule has 0 aromatic heterocycles. The molecule has 1 aliphatic carbocycles. The molecule has 0 aliphatic heterocycles. The minimum absolute atomic E-state index is 0.275. The van der Waals surface area contributed by atoms with Crippen molar-refractivity contribution in [3.8, 4) is 0 Å². The van der Waals surface area contributed by atoms with Crippen molar-refractivity contribution in [1.29, 1.82) is 0 Å². The predicted molar refractivity (Wildman–Crippen MR) is 98.9 cm³/mol. The minimum atomic E-state index is -3.54. The predicted octanol–water partition coefficient (Wildman–Crippen LogP) is 4.54. The van der Waals surface area contributed by atoms with Gasteiger partial charge < -0.3 is 5.32 Å². The van der Waals surface area contributed by atoms with Gasteiger partial charge in [-0.2, -0.15) is 0 Å². The third kappa shape index (κ3) is 4.29. The molecular weight excluding hydrogens is 320 g/mol. The molecule has 0 bridgehead atoms. The first-order valence-electron chi connectivity index (χ1n) is 8.49. The van der Waals surface area contributed by atoms with Gasteiger partial charge in [-0.05, 0) is 56.2 Å². The molecule has 0 radical (unpaired) electrons. The van der Waals surface area contributed by atoms with Crippen LogP contribution >= 0.6 is 0 Å². The lowest BCUT2D eigenvalue weighted by atomic mass is 9.95. The second kappa shape index (κ2) is 7.26. The molecule has 0 saturated heterocycles. The van der Waals surface area contributed by atoms with Crippen LogP contribution < -0.4 is 10.0 Å². The third-order valence-electron chi connectivity index (χ3n) is 4.44. The topological polar surface area (TPSA) is 58.2 Å². The lowest BCUT2D eigenvalue weighted by Gasteiger charge is -2.24. The average Bonchev–Trinajstić information content (AvgIpc) is 2.58. The zero-order chi connectivity index (χ0) is 17.0. The number of sulfonamides is 1. The molecule has 0 amide bonds. The van der Waals surface area contributed by atoms with Gasteiger partial charge in [0.25, 0.3) is 10.0 Å². The molecule has 2 aromatic rings. The number of hydrogen-bond acceptors (Lipinski definition) is 3. The van der Waals surface area contributed by atoms with Gasteiger partial charge in [0.1, 0.15) is 0 Å². The van der Waals surface area contributed by atoms with Gasteiger partial charge in [-0.3, -0.25) is 4.72 Å². The number of aryl methyl sites for hydroxylation is 1. The van der Waals surface area contributed by atoms with Crippen LogP contribution in [0.5, 0.6) is 0 Å². The van der Waals surface area contributed by atoms with E-state index in [0.717, 1.165) is 11.3 Å². The summed E-state index contributed by atoms with van der Waals surface area (Å²) in [6.45, 7) is 1.93. The molecule has 128 valence electrons. The highest BCUT2D eigenvalue weighted by Crippen LogP contribution is 2.23. The maximum atomic E-state index is 12.4. The fraction of sp³-hybridized carbons (Fsp3) is 0.368. The van der Waals surface area contributed by atoms with Gasteiger partial charge in [-0.15, -0.1) is 0 Å². The van der Waals surface area contributed by atoms with E-state index in [1.165, 1.54) is 32.1 Å². The number of rotatable bonds is 5. The molecule has 5 heteroatoms. The molecule has 1 aliphatic rings. The van der Waals surface area contributed by atoms with Gasteiger partial charge in [-0.1, -0.05) is 37.0 Å². The Morgan fingerprint density at radius 2 is 1.42 bits per heavy atom. The molecule has 1 saturated carbocycles. The second-order valence-electron chi connectivity index (χ2n) is 6.48. The monoisotopic (exact) mass is 344 g/mol. The van der Waals surface area contributed by atoms with Crippen LogP contribution in [0.3, 0.4) is 0 Å². The van der Waals surface area contributed by atoms with E-state index in [2.05, 4.69) is 10.0 Å². The first-order valence-corrected chi connectivity index (χ1v) is 9.97. The molecule has 0 atom stereocenters. The zero-order valence-electron chi connectivity index (χ0n) is 14.0. The molecule has 1 fully saturated rings. The summed E-state index contributed by atoms with van der Waals surface area (Å²) < 4.78 is 27.4. The summed E-state index contributed by atoms with van der Waals surface area (Å²) in [5.41, 5.74) is 2.65. The lowest BCUT2D eigenvalue weighted by molar-refractivity contribution is 0.463. The summed E-state index contributed by atoms with van der Waals surface area (Å²) in [4.78, 5) is 0.275. The summed E-state index contributed by atoms with van der Waals surface area (Å²) >= 11 is 0. The molecule has 4 nitrogen and oxygen atoms in total. The highest BCUT2D eigenvalue weighted by molar-refractivity contribution is 7.92. The third-order valence-corrected chi connectivity index (χ3v) is 5.84. The summed E-state index contributed by atoms with van der Waals surface area (Å²) in [7, 11) is -3.54. The second-order valence-corrected chi connectivity index (χ2v) is 8.16. The Morgan fingerprint density at radius 3 is 2.04 bits per heavy atom. The van der Waals surface area contributed by atoms with Gasteiger partial charge >= 0.3 is 0 Å². The molecule has 2 N–H and O–H groups in total. The van der Waals surface area contributed by atoms with E-state index < -0.39 is 10.0 Å². The van der Waals surface area contributed by atoms with Crippen LogP contribution in [0.2, 0.25) is 0 Å². The summed E-state index contributed by atoms with van der Waals surface area (Å²) in [5, 5.41) is 3.53. The van der Waals surface area contributed by atoms with E-state index in [4.69, 9.17) is 0 Å². The van der Waals surface area contributed by atoms with E-state index >= 15 is 0 Å². The number of nitrogens with one attached hydrogen (secondary N) is 2. The number of benzene rings is 2. The van der Waals surface area contributed by atoms with E-state index in [-0.39, 0.29) is 4.90 Å². The van der Waals surface area contributed by atoms with Crippen LogP contribution in [0.25, 0.3) is 0 Å². The van der Waals surface area contributed by atoms with Crippen molar-refractivity contribution >= 4 is 21.4 Å². The highest BCUT2D eigenvalue weighted by atomic mass is 32.2. The first kappa shape index (κ1) is 16.8. The van der Waals surface area contributed by atoms with Crippen molar-refractivity contribution in [1.82, 2.24) is 0 Å². The molecular formula is C19H24N2O2S. The van der Waals surface area contributed by atoms with Crippen LogP contribution in [-0.4, -0.2) is 14.5 Å². The molecule has 0 spiro atoms. The molecule has 0 unspecified atom stereocenters. The maximum absolute atomic E-state index is 12.4. The van der Waals surface area contributed by atoms with Crippen molar-refractivity contribution < 1.29 is 8.42 Å². The van der Waals surface area contributed by atoms with Crippen molar-refractivity contribution in [2.45, 2.75) is 50.0 Å². The van der Waals surface area contributed by atoms with E-state index in [9.17, 15) is 8.42 Å². The number of anilines is 2. The average molecular weight is 344 g/mol. The summed E-state index contributed by atoms with van der Waals surface area (Å²) in [6, 6.07) is 14.8. The van der Waals surface area contributed by atoms with Crippen LogP contribution in [0.15, 0.2) is 53.4 Å². The van der Waals surface area contributed by atoms with E-state index in [1.807, 2.05) is 19.1 Å². The molecule has 2 aromatic carbocycles. The van der Waals surface area contributed by atoms with E-state index in [0.29, 0.717) is 11.7 Å². The minimum Gasteiger partial charge on any atom is -0.382 e. The Bertz CT molecular complexity index is 762. The quantitative estimate of drug-likeness (QED) is 0.837. The van der Waals surface area contributed by atoms with Crippen molar-refractivity contribution in [2.24, 2.45) is 0 Å². The van der Waals surface area contributed by atoms with Crippen LogP contribution in [0, 0.1) is 6.92 Å². The molecule has 24 heavy (non-hydrogen) atoms. The summed E-state index contributed by atoms with van der Waals surface area (Å²) in [5.74, 6) is 0. The standard InChI is InChI=1S/C19H24N2O2S/c1-15-7-13-19(14-8-15)24(22,23)21-18-11-9-17(10-12-18)20-16-5-3-2-4-6-16/h7-14,16,20-21H,2-6H2,1H3.